The molecule has 0 amide bonds. The van der Waals surface area contributed by atoms with Gasteiger partial charge in [0.1, 0.15) is 29.9 Å². The number of fused-ring (bicyclic) bond motifs is 1. The van der Waals surface area contributed by atoms with Crippen molar-refractivity contribution in [3.63, 3.8) is 0 Å². The molecule has 0 fully saturated rings. The first-order chi connectivity index (χ1) is 14.2. The molecule has 166 valence electrons. The van der Waals surface area contributed by atoms with Crippen LogP contribution in [-0.2, 0) is 0 Å². The summed E-state index contributed by atoms with van der Waals surface area (Å²) >= 11 is 0. The van der Waals surface area contributed by atoms with Crippen LogP contribution < -0.4 is 9.47 Å². The first-order valence-corrected chi connectivity index (χ1v) is 9.69. The molecule has 7 nitrogen and oxygen atoms in total. The van der Waals surface area contributed by atoms with Crippen LogP contribution in [0.4, 0.5) is 0 Å². The Balaban J connectivity index is 0.00000240. The number of halogens is 1. The molecule has 0 saturated heterocycles. The molecule has 0 spiro atoms. The second-order valence-electron chi connectivity index (χ2n) is 6.51. The molecular formula is C23H28ClN3O4. The van der Waals surface area contributed by atoms with E-state index in [0.717, 1.165) is 36.3 Å². The molecule has 31 heavy (non-hydrogen) atoms. The molecule has 0 aliphatic heterocycles. The minimum absolute atomic E-state index is 0. The van der Waals surface area contributed by atoms with Crippen LogP contribution in [0.2, 0.25) is 0 Å². The van der Waals surface area contributed by atoms with Gasteiger partial charge in [0.15, 0.2) is 5.58 Å². The average Bonchev–Trinajstić information content (AvgIpc) is 3.18. The Morgan fingerprint density at radius 1 is 1.16 bits per heavy atom. The maximum Gasteiger partial charge on any atom is 0.167 e. The summed E-state index contributed by atoms with van der Waals surface area (Å²) in [6, 6.07) is 15.3. The number of hydrogen-bond donors (Lipinski definition) is 0. The van der Waals surface area contributed by atoms with Crippen LogP contribution in [-0.4, -0.2) is 48.9 Å². The Bertz CT molecular complexity index is 1040. The number of nitriles is 1. The number of aromatic nitrogens is 1. The number of benzene rings is 2. The molecule has 0 aliphatic carbocycles. The molecule has 1 aromatic heterocycles. The van der Waals surface area contributed by atoms with Gasteiger partial charge in [-0.25, -0.2) is 0 Å². The van der Waals surface area contributed by atoms with Crippen molar-refractivity contribution < 1.29 is 19.5 Å². The predicted molar refractivity (Wildman–Crippen MR) is 125 cm³/mol. The monoisotopic (exact) mass is 445 g/mol. The Morgan fingerprint density at radius 3 is 2.61 bits per heavy atom. The van der Waals surface area contributed by atoms with E-state index in [2.05, 4.69) is 30.0 Å². The maximum absolute atomic E-state index is 9.70. The lowest BCUT2D eigenvalue weighted by atomic mass is 10.1. The highest BCUT2D eigenvalue weighted by Gasteiger charge is 2.14. The van der Waals surface area contributed by atoms with Gasteiger partial charge < -0.3 is 24.4 Å². The number of likely N-dealkylation sites (N-methyl/N-ethyl adjacent to an activating group) is 1. The highest BCUT2D eigenvalue weighted by Crippen LogP contribution is 2.29. The van der Waals surface area contributed by atoms with E-state index in [0.29, 0.717) is 29.2 Å². The third-order valence-corrected chi connectivity index (χ3v) is 4.79. The van der Waals surface area contributed by atoms with Crippen molar-refractivity contribution in [1.82, 2.24) is 10.1 Å². The second kappa shape index (κ2) is 12.6. The molecule has 3 rings (SSSR count). The Kier molecular flexibility index (Phi) is 10.6. The fraction of sp³-hybridized carbons (Fsp3) is 0.304. The van der Waals surface area contributed by atoms with Crippen LogP contribution in [0.1, 0.15) is 25.1 Å². The quantitative estimate of drug-likeness (QED) is 0.457. The van der Waals surface area contributed by atoms with Crippen molar-refractivity contribution in [3.8, 4) is 17.6 Å². The summed E-state index contributed by atoms with van der Waals surface area (Å²) in [5.74, 6) is 1.46. The van der Waals surface area contributed by atoms with E-state index < -0.39 is 0 Å². The highest BCUT2D eigenvalue weighted by atomic mass is 35.5. The van der Waals surface area contributed by atoms with Crippen molar-refractivity contribution in [2.75, 3.05) is 33.4 Å². The third-order valence-electron chi connectivity index (χ3n) is 4.79. The number of hydrogen-bond acceptors (Lipinski definition) is 6. The second-order valence-corrected chi connectivity index (χ2v) is 6.51. The number of allylic oxidation sites excluding steroid dienone is 1. The SMILES string of the molecule is CCN(CC)CCOc1cccc(/C=C(\C#N)c2noc3ccc(OC)cc23)c1.Cl.O. The van der Waals surface area contributed by atoms with Gasteiger partial charge in [-0.3, -0.25) is 0 Å². The van der Waals surface area contributed by atoms with Crippen LogP contribution in [0.15, 0.2) is 47.0 Å². The summed E-state index contributed by atoms with van der Waals surface area (Å²) in [5.41, 5.74) is 2.38. The molecule has 2 aromatic carbocycles. The lowest BCUT2D eigenvalue weighted by Gasteiger charge is -2.18. The first kappa shape index (κ1) is 26.0. The van der Waals surface area contributed by atoms with Crippen LogP contribution in [0.5, 0.6) is 11.5 Å². The number of ether oxygens (including phenoxy) is 2. The molecule has 0 unspecified atom stereocenters. The number of nitrogens with zero attached hydrogens (tertiary/aromatic N) is 3. The summed E-state index contributed by atoms with van der Waals surface area (Å²) in [6.45, 7) is 7.79. The van der Waals surface area contributed by atoms with Gasteiger partial charge in [0.05, 0.1) is 18.1 Å². The lowest BCUT2D eigenvalue weighted by Crippen LogP contribution is -2.27. The first-order valence-electron chi connectivity index (χ1n) is 9.69. The van der Waals surface area contributed by atoms with E-state index >= 15 is 0 Å². The van der Waals surface area contributed by atoms with Crippen LogP contribution in [0, 0.1) is 11.3 Å². The van der Waals surface area contributed by atoms with Crippen molar-refractivity contribution in [2.45, 2.75) is 13.8 Å². The summed E-state index contributed by atoms with van der Waals surface area (Å²) < 4.78 is 16.5. The Labute approximate surface area is 188 Å². The minimum Gasteiger partial charge on any atom is -0.497 e. The maximum atomic E-state index is 9.70. The van der Waals surface area contributed by atoms with E-state index in [1.165, 1.54) is 0 Å². The van der Waals surface area contributed by atoms with E-state index in [1.807, 2.05) is 30.3 Å². The molecular weight excluding hydrogens is 418 g/mol. The van der Waals surface area contributed by atoms with Crippen molar-refractivity contribution in [1.29, 1.82) is 5.26 Å². The zero-order valence-electron chi connectivity index (χ0n) is 17.9. The third kappa shape index (κ3) is 6.46. The Morgan fingerprint density at radius 2 is 1.94 bits per heavy atom. The van der Waals surface area contributed by atoms with Crippen molar-refractivity contribution >= 4 is 35.0 Å². The smallest absolute Gasteiger partial charge is 0.167 e. The van der Waals surface area contributed by atoms with Gasteiger partial charge in [0, 0.05) is 6.54 Å². The van der Waals surface area contributed by atoms with Gasteiger partial charge in [-0.1, -0.05) is 31.1 Å². The summed E-state index contributed by atoms with van der Waals surface area (Å²) in [5, 5.41) is 14.5. The normalized spacial score (nSPS) is 10.9. The highest BCUT2D eigenvalue weighted by molar-refractivity contribution is 5.99. The van der Waals surface area contributed by atoms with Gasteiger partial charge in [-0.05, 0) is 55.1 Å². The zero-order chi connectivity index (χ0) is 20.6. The Hall–Kier alpha value is -3.05. The summed E-state index contributed by atoms with van der Waals surface area (Å²) in [7, 11) is 1.60. The van der Waals surface area contributed by atoms with Gasteiger partial charge in [0.25, 0.3) is 0 Å². The predicted octanol–water partition coefficient (Wildman–Crippen LogP) is 4.22. The van der Waals surface area contributed by atoms with Crippen molar-refractivity contribution in [2.24, 2.45) is 0 Å². The van der Waals surface area contributed by atoms with Crippen LogP contribution >= 0.6 is 12.4 Å². The average molecular weight is 446 g/mol. The molecule has 0 saturated carbocycles. The molecule has 0 atom stereocenters. The standard InChI is InChI=1S/C23H25N3O3.ClH.H2O/c1-4-26(5-2)11-12-28-20-8-6-7-17(14-20)13-18(16-24)23-21-15-19(27-3)9-10-22(21)29-25-23;;/h6-10,13-15H,4-5,11-12H2,1-3H3;1H;1H2/b18-13+;;. The molecule has 3 aromatic rings. The van der Waals surface area contributed by atoms with E-state index in [-0.39, 0.29) is 17.9 Å². The summed E-state index contributed by atoms with van der Waals surface area (Å²) in [6.07, 6.45) is 1.79. The fourth-order valence-electron chi connectivity index (χ4n) is 3.09. The molecule has 0 aliphatic rings. The molecule has 1 heterocycles. The van der Waals surface area contributed by atoms with Crippen LogP contribution in [0.25, 0.3) is 22.6 Å². The van der Waals surface area contributed by atoms with Crippen molar-refractivity contribution in [3.05, 3.63) is 53.7 Å². The lowest BCUT2D eigenvalue weighted by molar-refractivity contribution is 0.223. The largest absolute Gasteiger partial charge is 0.497 e. The fourth-order valence-corrected chi connectivity index (χ4v) is 3.09. The molecule has 0 bridgehead atoms. The van der Waals surface area contributed by atoms with Gasteiger partial charge in [-0.2, -0.15) is 5.26 Å². The molecule has 0 radical (unpaired) electrons. The number of methoxy groups -OCH3 is 1. The van der Waals surface area contributed by atoms with E-state index in [9.17, 15) is 5.26 Å². The number of rotatable bonds is 9. The minimum atomic E-state index is 0. The zero-order valence-corrected chi connectivity index (χ0v) is 18.7. The molecule has 8 heteroatoms. The van der Waals surface area contributed by atoms with Gasteiger partial charge in [-0.15, -0.1) is 12.4 Å². The van der Waals surface area contributed by atoms with Gasteiger partial charge >= 0.3 is 0 Å². The van der Waals surface area contributed by atoms with E-state index in [4.69, 9.17) is 14.0 Å². The van der Waals surface area contributed by atoms with E-state index in [1.54, 1.807) is 25.3 Å². The molecule has 2 N–H and O–H groups in total. The summed E-state index contributed by atoms with van der Waals surface area (Å²) in [4.78, 5) is 2.31. The van der Waals surface area contributed by atoms with Gasteiger partial charge in [0.2, 0.25) is 0 Å². The topological polar surface area (TPSA) is 103 Å². The van der Waals surface area contributed by atoms with Crippen LogP contribution in [0.3, 0.4) is 0 Å².